The third-order valence-corrected chi connectivity index (χ3v) is 5.19. The second kappa shape index (κ2) is 7.96. The molecule has 0 saturated heterocycles. The Kier molecular flexibility index (Phi) is 5.89. The van der Waals surface area contributed by atoms with Gasteiger partial charge in [-0.3, -0.25) is 0 Å². The maximum atomic E-state index is 3.79. The molecule has 0 heterocycles. The summed E-state index contributed by atoms with van der Waals surface area (Å²) in [4.78, 5) is 0. The van der Waals surface area contributed by atoms with Crippen LogP contribution < -0.4 is 9.78 Å². The minimum absolute atomic E-state index is 0.416. The van der Waals surface area contributed by atoms with E-state index in [-0.39, 0.29) is 0 Å². The van der Waals surface area contributed by atoms with Crippen LogP contribution in [0.1, 0.15) is 11.6 Å². The Balaban J connectivity index is 2.00. The van der Waals surface area contributed by atoms with Gasteiger partial charge in [0.2, 0.25) is 0 Å². The summed E-state index contributed by atoms with van der Waals surface area (Å²) >= 11 is 0.496. The first-order valence-corrected chi connectivity index (χ1v) is 8.54. The molecule has 0 saturated carbocycles. The predicted octanol–water partition coefficient (Wildman–Crippen LogP) is 2.95. The van der Waals surface area contributed by atoms with E-state index < -0.39 is 0 Å². The van der Waals surface area contributed by atoms with Crippen LogP contribution >= 0.6 is 0 Å². The van der Waals surface area contributed by atoms with E-state index in [0.717, 1.165) is 11.9 Å². The number of benzene rings is 2. The number of nitrogens with one attached hydrogen (secondary N) is 1. The fourth-order valence-electron chi connectivity index (χ4n) is 1.88. The fourth-order valence-corrected chi connectivity index (χ4v) is 4.02. The van der Waals surface area contributed by atoms with Crippen molar-refractivity contribution in [2.24, 2.45) is 0 Å². The van der Waals surface area contributed by atoms with Gasteiger partial charge in [-0.2, -0.15) is 0 Å². The predicted molar refractivity (Wildman–Crippen MR) is 84.0 cm³/mol. The molecular formula is C17H19NSe. The van der Waals surface area contributed by atoms with E-state index in [1.807, 2.05) is 6.08 Å². The minimum atomic E-state index is 0.416. The van der Waals surface area contributed by atoms with Crippen molar-refractivity contribution < 1.29 is 0 Å². The van der Waals surface area contributed by atoms with Crippen LogP contribution in [0.25, 0.3) is 0 Å². The van der Waals surface area contributed by atoms with Crippen LogP contribution in [0.2, 0.25) is 5.32 Å². The number of rotatable bonds is 7. The van der Waals surface area contributed by atoms with Gasteiger partial charge in [0, 0.05) is 0 Å². The molecule has 1 nitrogen and oxygen atoms in total. The monoisotopic (exact) mass is 317 g/mol. The average Bonchev–Trinajstić information content (AvgIpc) is 2.49. The van der Waals surface area contributed by atoms with Crippen molar-refractivity contribution in [3.05, 3.63) is 78.9 Å². The van der Waals surface area contributed by atoms with Crippen LogP contribution in [-0.2, 0) is 0 Å². The van der Waals surface area contributed by atoms with E-state index in [9.17, 15) is 0 Å². The van der Waals surface area contributed by atoms with Crippen molar-refractivity contribution in [1.82, 2.24) is 5.32 Å². The second-order valence-electron chi connectivity index (χ2n) is 4.28. The molecule has 2 heteroatoms. The van der Waals surface area contributed by atoms with Gasteiger partial charge >= 0.3 is 122 Å². The Morgan fingerprint density at radius 2 is 1.63 bits per heavy atom. The van der Waals surface area contributed by atoms with E-state index in [0.29, 0.717) is 21.0 Å². The average molecular weight is 316 g/mol. The molecule has 1 atom stereocenters. The van der Waals surface area contributed by atoms with Crippen molar-refractivity contribution in [1.29, 1.82) is 0 Å². The molecule has 0 aromatic heterocycles. The molecule has 1 unspecified atom stereocenters. The van der Waals surface area contributed by atoms with Gasteiger partial charge in [-0.25, -0.2) is 0 Å². The van der Waals surface area contributed by atoms with Crippen molar-refractivity contribution in [2.45, 2.75) is 11.4 Å². The van der Waals surface area contributed by atoms with Crippen molar-refractivity contribution >= 4 is 19.4 Å². The Morgan fingerprint density at radius 3 is 2.26 bits per heavy atom. The molecule has 2 rings (SSSR count). The second-order valence-corrected chi connectivity index (χ2v) is 6.58. The van der Waals surface area contributed by atoms with Gasteiger partial charge in [0.15, 0.2) is 0 Å². The number of hydrogen-bond acceptors (Lipinski definition) is 1. The summed E-state index contributed by atoms with van der Waals surface area (Å²) in [5.41, 5.74) is 1.36. The van der Waals surface area contributed by atoms with Crippen LogP contribution in [0.5, 0.6) is 0 Å². The van der Waals surface area contributed by atoms with Gasteiger partial charge < -0.3 is 0 Å². The standard InChI is InChI=1S/C17H19NSe/c1-2-13-18-17(15-9-5-3-6-10-15)14-19-16-11-7-4-8-12-16/h2-12,17-18H,1,13-14H2. The topological polar surface area (TPSA) is 12.0 Å². The summed E-state index contributed by atoms with van der Waals surface area (Å²) in [7, 11) is 0. The van der Waals surface area contributed by atoms with Crippen molar-refractivity contribution in [3.63, 3.8) is 0 Å². The quantitative estimate of drug-likeness (QED) is 0.612. The van der Waals surface area contributed by atoms with Gasteiger partial charge in [0.1, 0.15) is 0 Å². The summed E-state index contributed by atoms with van der Waals surface area (Å²) in [6.45, 7) is 4.64. The third kappa shape index (κ3) is 4.68. The Hall–Kier alpha value is -1.34. The Bertz CT molecular complexity index is 481. The summed E-state index contributed by atoms with van der Waals surface area (Å²) in [6.07, 6.45) is 1.92. The summed E-state index contributed by atoms with van der Waals surface area (Å²) in [5.74, 6) is 0. The molecule has 0 aliphatic heterocycles. The van der Waals surface area contributed by atoms with Gasteiger partial charge in [-0.1, -0.05) is 0 Å². The van der Waals surface area contributed by atoms with E-state index in [2.05, 4.69) is 72.6 Å². The van der Waals surface area contributed by atoms with Crippen LogP contribution in [0, 0.1) is 0 Å². The molecule has 2 aromatic rings. The maximum absolute atomic E-state index is 3.79. The fraction of sp³-hybridized carbons (Fsp3) is 0.176. The summed E-state index contributed by atoms with van der Waals surface area (Å²) < 4.78 is 1.45. The van der Waals surface area contributed by atoms with Crippen LogP contribution in [0.15, 0.2) is 73.3 Å². The van der Waals surface area contributed by atoms with E-state index in [1.165, 1.54) is 10.0 Å². The summed E-state index contributed by atoms with van der Waals surface area (Å²) in [6, 6.07) is 21.8. The molecule has 1 N–H and O–H groups in total. The van der Waals surface area contributed by atoms with Crippen LogP contribution in [-0.4, -0.2) is 21.5 Å². The van der Waals surface area contributed by atoms with E-state index in [4.69, 9.17) is 0 Å². The zero-order valence-electron chi connectivity index (χ0n) is 11.0. The zero-order chi connectivity index (χ0) is 13.3. The molecule has 0 fully saturated rings. The SMILES string of the molecule is C=CCNC(C[Se]c1ccccc1)c1ccccc1. The molecule has 19 heavy (non-hydrogen) atoms. The molecular weight excluding hydrogens is 297 g/mol. The van der Waals surface area contributed by atoms with Crippen molar-refractivity contribution in [3.8, 4) is 0 Å². The third-order valence-electron chi connectivity index (χ3n) is 2.87. The van der Waals surface area contributed by atoms with Gasteiger partial charge in [0.25, 0.3) is 0 Å². The molecule has 0 bridgehead atoms. The van der Waals surface area contributed by atoms with E-state index >= 15 is 0 Å². The van der Waals surface area contributed by atoms with Gasteiger partial charge in [-0.05, 0) is 0 Å². The van der Waals surface area contributed by atoms with Crippen LogP contribution in [0.3, 0.4) is 0 Å². The van der Waals surface area contributed by atoms with Gasteiger partial charge in [0.05, 0.1) is 0 Å². The number of hydrogen-bond donors (Lipinski definition) is 1. The molecule has 0 aliphatic rings. The van der Waals surface area contributed by atoms with Gasteiger partial charge in [-0.15, -0.1) is 0 Å². The molecule has 98 valence electrons. The van der Waals surface area contributed by atoms with Crippen LogP contribution in [0.4, 0.5) is 0 Å². The molecule has 2 aromatic carbocycles. The Labute approximate surface area is 121 Å². The first-order chi connectivity index (χ1) is 9.40. The molecule has 0 spiro atoms. The molecule has 0 aliphatic carbocycles. The first-order valence-electron chi connectivity index (χ1n) is 6.47. The normalized spacial score (nSPS) is 12.0. The van der Waals surface area contributed by atoms with Crippen molar-refractivity contribution in [2.75, 3.05) is 6.54 Å². The first kappa shape index (κ1) is 14.1. The van der Waals surface area contributed by atoms with E-state index in [1.54, 1.807) is 0 Å². The molecule has 0 amide bonds. The zero-order valence-corrected chi connectivity index (χ0v) is 12.7. The summed E-state index contributed by atoms with van der Waals surface area (Å²) in [5, 5.41) is 4.72. The Morgan fingerprint density at radius 1 is 1.00 bits per heavy atom. The molecule has 0 radical (unpaired) electrons.